The van der Waals surface area contributed by atoms with Crippen LogP contribution >= 0.6 is 0 Å². The molecule has 4 aromatic rings. The van der Waals surface area contributed by atoms with Crippen LogP contribution in [0.25, 0.3) is 21.7 Å². The van der Waals surface area contributed by atoms with Gasteiger partial charge in [-0.25, -0.2) is 13.8 Å². The number of alkyl halides is 3. The number of rotatable bonds is 15. The number of hydrogen-bond donors (Lipinski definition) is 3. The molecule has 0 fully saturated rings. The molecule has 1 amide bonds. The monoisotopic (exact) mass is 607 g/mol. The summed E-state index contributed by atoms with van der Waals surface area (Å²) in [5.41, 5.74) is 6.65. The third-order valence-corrected chi connectivity index (χ3v) is 6.22. The number of ether oxygens (including phenoxy) is 3. The second kappa shape index (κ2) is 14.8. The van der Waals surface area contributed by atoms with Crippen LogP contribution < -0.4 is 25.8 Å². The van der Waals surface area contributed by atoms with Gasteiger partial charge in [-0.15, -0.1) is 13.2 Å². The largest absolute Gasteiger partial charge is 0.573 e. The average Bonchev–Trinajstić information content (AvgIpc) is 2.98. The Kier molecular flexibility index (Phi) is 11.0. The second-order valence-electron chi connectivity index (χ2n) is 9.40. The number of benzene rings is 2. The lowest BCUT2D eigenvalue weighted by atomic mass is 10.1. The van der Waals surface area contributed by atoms with Gasteiger partial charge in [-0.05, 0) is 55.3 Å². The summed E-state index contributed by atoms with van der Waals surface area (Å²) in [6.45, 7) is 2.23. The molecule has 0 saturated carbocycles. The van der Waals surface area contributed by atoms with Crippen molar-refractivity contribution in [3.8, 4) is 11.6 Å². The van der Waals surface area contributed by atoms with E-state index in [4.69, 9.17) is 15.2 Å². The molecule has 9 nitrogen and oxygen atoms in total. The van der Waals surface area contributed by atoms with E-state index in [2.05, 4.69) is 25.3 Å². The van der Waals surface area contributed by atoms with Gasteiger partial charge in [0.1, 0.15) is 6.61 Å². The lowest BCUT2D eigenvalue weighted by Gasteiger charge is -2.12. The number of halogens is 5. The van der Waals surface area contributed by atoms with Crippen LogP contribution in [0.15, 0.2) is 48.8 Å². The summed E-state index contributed by atoms with van der Waals surface area (Å²) in [5, 5.41) is 8.16. The van der Waals surface area contributed by atoms with Gasteiger partial charge in [-0.3, -0.25) is 9.78 Å². The minimum Gasteiger partial charge on any atom is -0.475 e. The van der Waals surface area contributed by atoms with Crippen molar-refractivity contribution in [3.63, 3.8) is 0 Å². The van der Waals surface area contributed by atoms with E-state index in [0.717, 1.165) is 28.3 Å². The summed E-state index contributed by atoms with van der Waals surface area (Å²) >= 11 is 0. The van der Waals surface area contributed by atoms with Gasteiger partial charge >= 0.3 is 6.36 Å². The van der Waals surface area contributed by atoms with E-state index in [-0.39, 0.29) is 24.6 Å². The van der Waals surface area contributed by atoms with Crippen LogP contribution in [0.5, 0.6) is 11.6 Å². The zero-order valence-electron chi connectivity index (χ0n) is 23.0. The highest BCUT2D eigenvalue weighted by molar-refractivity contribution is 6.09. The molecule has 43 heavy (non-hydrogen) atoms. The third-order valence-electron chi connectivity index (χ3n) is 6.22. The quantitative estimate of drug-likeness (QED) is 0.102. The van der Waals surface area contributed by atoms with Crippen molar-refractivity contribution in [2.24, 2.45) is 5.73 Å². The first-order valence-electron chi connectivity index (χ1n) is 13.5. The highest BCUT2D eigenvalue weighted by Gasteiger charge is 2.34. The predicted molar refractivity (Wildman–Crippen MR) is 149 cm³/mol. The Labute approximate surface area is 243 Å². The molecule has 0 radical (unpaired) electrons. The molecule has 2 aromatic carbocycles. The fourth-order valence-electron chi connectivity index (χ4n) is 4.27. The molecule has 0 bridgehead atoms. The van der Waals surface area contributed by atoms with Gasteiger partial charge in [0.05, 0.1) is 12.1 Å². The van der Waals surface area contributed by atoms with E-state index >= 15 is 0 Å². The summed E-state index contributed by atoms with van der Waals surface area (Å²) in [6.07, 6.45) is -0.454. The van der Waals surface area contributed by atoms with Crippen LogP contribution in [0, 0.1) is 11.6 Å². The number of nitrogens with one attached hydrogen (secondary N) is 2. The van der Waals surface area contributed by atoms with Crippen molar-refractivity contribution in [3.05, 3.63) is 71.6 Å². The average molecular weight is 608 g/mol. The van der Waals surface area contributed by atoms with E-state index in [1.807, 2.05) is 6.07 Å². The van der Waals surface area contributed by atoms with Gasteiger partial charge in [-0.1, -0.05) is 6.07 Å². The molecule has 0 saturated heterocycles. The van der Waals surface area contributed by atoms with Crippen molar-refractivity contribution in [2.75, 3.05) is 39.5 Å². The Bertz CT molecular complexity index is 1530. The number of hydrogen-bond acceptors (Lipinski definition) is 8. The molecule has 2 aromatic heterocycles. The fourth-order valence-corrected chi connectivity index (χ4v) is 4.27. The topological polar surface area (TPSA) is 121 Å². The molecule has 0 atom stereocenters. The number of aromatic nitrogens is 2. The maximum Gasteiger partial charge on any atom is 0.573 e. The summed E-state index contributed by atoms with van der Waals surface area (Å²) in [7, 11) is 0. The molecule has 0 aliphatic carbocycles. The summed E-state index contributed by atoms with van der Waals surface area (Å²) < 4.78 is 79.4. The fraction of sp³-hybridized carbons (Fsp3) is 0.345. The Morgan fingerprint density at radius 2 is 1.72 bits per heavy atom. The molecular formula is C29H30F5N5O4. The van der Waals surface area contributed by atoms with Crippen LogP contribution in [0.4, 0.5) is 22.0 Å². The smallest absolute Gasteiger partial charge is 0.475 e. The van der Waals surface area contributed by atoms with Gasteiger partial charge < -0.3 is 30.6 Å². The highest BCUT2D eigenvalue weighted by Crippen LogP contribution is 2.31. The highest BCUT2D eigenvalue weighted by atomic mass is 19.4. The van der Waals surface area contributed by atoms with Gasteiger partial charge in [-0.2, -0.15) is 0 Å². The number of pyridine rings is 2. The standard InChI is InChI=1S/C29H30F5N5O4/c30-23-13-18(14-24(31)26(23)43-29(32,33)34)16-36-7-1-2-10-41-11-12-42-28-21-5-8-37-17-22(21)20-4-3-19(15-25(20)39-28)27(40)38-9-6-35/h3-5,8,13-15,17,36H,1-2,6-7,9-12,16,35H2,(H,38,40). The zero-order chi connectivity index (χ0) is 30.8. The van der Waals surface area contributed by atoms with Crippen molar-refractivity contribution in [1.82, 2.24) is 20.6 Å². The number of amides is 1. The summed E-state index contributed by atoms with van der Waals surface area (Å²) in [6, 6.07) is 8.63. The molecular weight excluding hydrogens is 577 g/mol. The Morgan fingerprint density at radius 1 is 0.930 bits per heavy atom. The third kappa shape index (κ3) is 8.92. The Balaban J connectivity index is 1.20. The molecule has 4 rings (SSSR count). The lowest BCUT2D eigenvalue weighted by molar-refractivity contribution is -0.276. The van der Waals surface area contributed by atoms with Crippen molar-refractivity contribution in [1.29, 1.82) is 0 Å². The number of nitrogens with two attached hydrogens (primary N) is 1. The Morgan fingerprint density at radius 3 is 2.47 bits per heavy atom. The van der Waals surface area contributed by atoms with Crippen LogP contribution in [-0.2, 0) is 11.3 Å². The van der Waals surface area contributed by atoms with Crippen molar-refractivity contribution < 1.29 is 41.0 Å². The summed E-state index contributed by atoms with van der Waals surface area (Å²) in [5.74, 6) is -4.19. The number of carbonyl (C=O) groups excluding carboxylic acids is 1. The maximum atomic E-state index is 13.8. The van der Waals surface area contributed by atoms with Gasteiger partial charge in [0, 0.05) is 60.4 Å². The van der Waals surface area contributed by atoms with Gasteiger partial charge in [0.2, 0.25) is 11.6 Å². The SMILES string of the molecule is NCCNC(=O)c1ccc2c(c1)nc(OCCOCCCCNCc1cc(F)c(OC(F)(F)F)c(F)c1)c1ccncc12. The maximum absolute atomic E-state index is 13.8. The number of nitrogens with zero attached hydrogens (tertiary/aromatic N) is 2. The zero-order valence-corrected chi connectivity index (χ0v) is 23.0. The molecule has 0 unspecified atom stereocenters. The van der Waals surface area contributed by atoms with Crippen LogP contribution in [0.1, 0.15) is 28.8 Å². The molecule has 0 spiro atoms. The molecule has 14 heteroatoms. The van der Waals surface area contributed by atoms with E-state index in [0.29, 0.717) is 62.6 Å². The van der Waals surface area contributed by atoms with Crippen molar-refractivity contribution in [2.45, 2.75) is 25.7 Å². The van der Waals surface area contributed by atoms with E-state index in [1.54, 1.807) is 30.6 Å². The molecule has 230 valence electrons. The first-order valence-corrected chi connectivity index (χ1v) is 13.5. The Hall–Kier alpha value is -4.14. The minimum absolute atomic E-state index is 0.0664. The number of unbranched alkanes of at least 4 members (excludes halogenated alkanes) is 1. The first kappa shape index (κ1) is 31.8. The molecule has 0 aliphatic heterocycles. The van der Waals surface area contributed by atoms with Gasteiger partial charge in [0.25, 0.3) is 5.91 Å². The van der Waals surface area contributed by atoms with Gasteiger partial charge in [0.15, 0.2) is 11.6 Å². The van der Waals surface area contributed by atoms with E-state index in [1.165, 1.54) is 0 Å². The predicted octanol–water partition coefficient (Wildman–Crippen LogP) is 4.61. The molecule has 2 heterocycles. The van der Waals surface area contributed by atoms with E-state index in [9.17, 15) is 26.7 Å². The van der Waals surface area contributed by atoms with E-state index < -0.39 is 23.7 Å². The first-order chi connectivity index (χ1) is 20.7. The second-order valence-corrected chi connectivity index (χ2v) is 9.40. The van der Waals surface area contributed by atoms with Crippen LogP contribution in [0.2, 0.25) is 0 Å². The van der Waals surface area contributed by atoms with Crippen LogP contribution in [-0.4, -0.2) is 61.7 Å². The molecule has 0 aliphatic rings. The lowest BCUT2D eigenvalue weighted by Crippen LogP contribution is -2.28. The van der Waals surface area contributed by atoms with Crippen molar-refractivity contribution >= 4 is 27.6 Å². The number of fused-ring (bicyclic) bond motifs is 3. The number of carbonyl (C=O) groups is 1. The normalized spacial score (nSPS) is 11.7. The molecule has 4 N–H and O–H groups in total. The minimum atomic E-state index is -5.19. The summed E-state index contributed by atoms with van der Waals surface area (Å²) in [4.78, 5) is 21.2. The van der Waals surface area contributed by atoms with Crippen LogP contribution in [0.3, 0.4) is 0 Å².